The molecule has 2 heterocycles. The molecule has 3 fully saturated rings. The van der Waals surface area contributed by atoms with Gasteiger partial charge < -0.3 is 18.9 Å². The van der Waals surface area contributed by atoms with Crippen molar-refractivity contribution in [2.24, 2.45) is 0 Å². The van der Waals surface area contributed by atoms with Crippen molar-refractivity contribution in [2.45, 2.75) is 63.3 Å². The fraction of sp³-hybridized carbons (Fsp3) is 0.619. The summed E-state index contributed by atoms with van der Waals surface area (Å²) in [6.07, 6.45) is 11.0. The van der Waals surface area contributed by atoms with Gasteiger partial charge in [-0.15, -0.1) is 0 Å². The van der Waals surface area contributed by atoms with Gasteiger partial charge in [-0.1, -0.05) is 0 Å². The first kappa shape index (κ1) is 18.4. The molecule has 3 aliphatic rings. The van der Waals surface area contributed by atoms with Gasteiger partial charge >= 0.3 is 5.97 Å². The van der Waals surface area contributed by atoms with Crippen molar-refractivity contribution in [1.82, 2.24) is 4.98 Å². The number of hydrogen-bond acceptors (Lipinski definition) is 6. The van der Waals surface area contributed by atoms with Crippen LogP contribution < -0.4 is 4.74 Å². The van der Waals surface area contributed by atoms with Crippen LogP contribution in [0.25, 0.3) is 6.08 Å². The van der Waals surface area contributed by atoms with Crippen molar-refractivity contribution in [3.05, 3.63) is 29.5 Å². The Morgan fingerprint density at radius 2 is 2.00 bits per heavy atom. The lowest BCUT2D eigenvalue weighted by Gasteiger charge is -2.35. The Balaban J connectivity index is 1.46. The third-order valence-corrected chi connectivity index (χ3v) is 5.44. The molecule has 0 aromatic carbocycles. The molecule has 6 nitrogen and oxygen atoms in total. The number of hydrogen-bond donors (Lipinski definition) is 0. The van der Waals surface area contributed by atoms with Crippen LogP contribution in [0.4, 0.5) is 0 Å². The van der Waals surface area contributed by atoms with Gasteiger partial charge in [0.15, 0.2) is 5.79 Å². The van der Waals surface area contributed by atoms with E-state index >= 15 is 0 Å². The molecule has 2 aliphatic carbocycles. The molecule has 0 bridgehead atoms. The van der Waals surface area contributed by atoms with Crippen molar-refractivity contribution in [2.75, 3.05) is 19.8 Å². The second-order valence-electron chi connectivity index (χ2n) is 7.40. The summed E-state index contributed by atoms with van der Waals surface area (Å²) >= 11 is 0. The fourth-order valence-corrected chi connectivity index (χ4v) is 3.93. The monoisotopic (exact) mass is 373 g/mol. The number of carbonyl (C=O) groups is 1. The standard InChI is InChI=1S/C21H27NO5/c1-2-24-18(23)6-5-16-9-12-22-20(19(16)15-3-4-15)27-17-7-10-21(11-8-17)25-13-14-26-21/h5-6,9,12,15,17H,2-4,7-8,10-11,13-14H2,1H3/b6-5+. The first-order chi connectivity index (χ1) is 13.2. The molecule has 27 heavy (non-hydrogen) atoms. The maximum absolute atomic E-state index is 11.7. The highest BCUT2D eigenvalue weighted by Crippen LogP contribution is 2.46. The molecular formula is C21H27NO5. The van der Waals surface area contributed by atoms with Crippen LogP contribution in [-0.4, -0.2) is 42.7 Å². The summed E-state index contributed by atoms with van der Waals surface area (Å²) in [6, 6.07) is 1.94. The quantitative estimate of drug-likeness (QED) is 0.561. The molecule has 1 aliphatic heterocycles. The minimum absolute atomic E-state index is 0.123. The Bertz CT molecular complexity index is 697. The number of esters is 1. The van der Waals surface area contributed by atoms with Gasteiger partial charge in [-0.25, -0.2) is 9.78 Å². The predicted octanol–water partition coefficient (Wildman–Crippen LogP) is 3.60. The zero-order valence-electron chi connectivity index (χ0n) is 15.8. The van der Waals surface area contributed by atoms with E-state index in [2.05, 4.69) is 4.98 Å². The van der Waals surface area contributed by atoms with E-state index in [0.717, 1.165) is 49.7 Å². The van der Waals surface area contributed by atoms with E-state index in [1.807, 2.05) is 12.1 Å². The van der Waals surface area contributed by atoms with Crippen molar-refractivity contribution in [3.63, 3.8) is 0 Å². The number of carbonyl (C=O) groups excluding carboxylic acids is 1. The van der Waals surface area contributed by atoms with Crippen LogP contribution >= 0.6 is 0 Å². The molecular weight excluding hydrogens is 346 g/mol. The molecule has 1 spiro atoms. The van der Waals surface area contributed by atoms with E-state index in [9.17, 15) is 4.79 Å². The third-order valence-electron chi connectivity index (χ3n) is 5.44. The van der Waals surface area contributed by atoms with Crippen LogP contribution in [-0.2, 0) is 19.0 Å². The van der Waals surface area contributed by atoms with Crippen LogP contribution in [0.5, 0.6) is 5.88 Å². The Morgan fingerprint density at radius 3 is 2.67 bits per heavy atom. The maximum Gasteiger partial charge on any atom is 0.330 e. The van der Waals surface area contributed by atoms with E-state index in [-0.39, 0.29) is 17.9 Å². The van der Waals surface area contributed by atoms with Gasteiger partial charge in [0.25, 0.3) is 0 Å². The van der Waals surface area contributed by atoms with Gasteiger partial charge in [0.1, 0.15) is 6.10 Å². The molecule has 6 heteroatoms. The molecule has 1 saturated heterocycles. The van der Waals surface area contributed by atoms with Crippen LogP contribution in [0.15, 0.2) is 18.3 Å². The number of nitrogens with zero attached hydrogens (tertiary/aromatic N) is 1. The normalized spacial score (nSPS) is 22.4. The zero-order valence-corrected chi connectivity index (χ0v) is 15.8. The SMILES string of the molecule is CCOC(=O)/C=C/c1ccnc(OC2CCC3(CC2)OCCO3)c1C1CC1. The minimum atomic E-state index is -0.378. The summed E-state index contributed by atoms with van der Waals surface area (Å²) < 4.78 is 22.9. The molecule has 146 valence electrons. The Kier molecular flexibility index (Phi) is 5.45. The average molecular weight is 373 g/mol. The van der Waals surface area contributed by atoms with Gasteiger partial charge in [-0.2, -0.15) is 0 Å². The first-order valence-corrected chi connectivity index (χ1v) is 9.97. The summed E-state index contributed by atoms with van der Waals surface area (Å²) in [6.45, 7) is 3.55. The molecule has 0 atom stereocenters. The van der Waals surface area contributed by atoms with Crippen molar-refractivity contribution < 1.29 is 23.7 Å². The van der Waals surface area contributed by atoms with E-state index < -0.39 is 0 Å². The molecule has 0 amide bonds. The molecule has 2 saturated carbocycles. The number of ether oxygens (including phenoxy) is 4. The van der Waals surface area contributed by atoms with Crippen LogP contribution in [0, 0.1) is 0 Å². The molecule has 1 aromatic rings. The highest BCUT2D eigenvalue weighted by atomic mass is 16.7. The van der Waals surface area contributed by atoms with Gasteiger partial charge in [0.2, 0.25) is 5.88 Å². The number of rotatable bonds is 6. The summed E-state index contributed by atoms with van der Waals surface area (Å²) in [7, 11) is 0. The summed E-state index contributed by atoms with van der Waals surface area (Å²) in [4.78, 5) is 16.2. The largest absolute Gasteiger partial charge is 0.474 e. The van der Waals surface area contributed by atoms with Gasteiger partial charge in [0.05, 0.1) is 19.8 Å². The predicted molar refractivity (Wildman–Crippen MR) is 99.4 cm³/mol. The minimum Gasteiger partial charge on any atom is -0.474 e. The lowest BCUT2D eigenvalue weighted by atomic mass is 9.91. The Hall–Kier alpha value is -1.92. The highest BCUT2D eigenvalue weighted by molar-refractivity contribution is 5.87. The lowest BCUT2D eigenvalue weighted by Crippen LogP contribution is -2.38. The van der Waals surface area contributed by atoms with Gasteiger partial charge in [-0.05, 0) is 56.2 Å². The molecule has 0 radical (unpaired) electrons. The second-order valence-corrected chi connectivity index (χ2v) is 7.40. The fourth-order valence-electron chi connectivity index (χ4n) is 3.93. The van der Waals surface area contributed by atoms with Crippen molar-refractivity contribution in [1.29, 1.82) is 0 Å². The van der Waals surface area contributed by atoms with Gasteiger partial charge in [-0.3, -0.25) is 0 Å². The maximum atomic E-state index is 11.7. The van der Waals surface area contributed by atoms with Crippen LogP contribution in [0.3, 0.4) is 0 Å². The number of pyridine rings is 1. The summed E-state index contributed by atoms with van der Waals surface area (Å²) in [5.74, 6) is 0.467. The third kappa shape index (κ3) is 4.33. The van der Waals surface area contributed by atoms with E-state index in [0.29, 0.717) is 31.6 Å². The molecule has 1 aromatic heterocycles. The van der Waals surface area contributed by atoms with Crippen LogP contribution in [0.1, 0.15) is 62.5 Å². The lowest BCUT2D eigenvalue weighted by molar-refractivity contribution is -0.186. The topological polar surface area (TPSA) is 66.9 Å². The van der Waals surface area contributed by atoms with E-state index in [4.69, 9.17) is 18.9 Å². The Morgan fingerprint density at radius 1 is 1.26 bits per heavy atom. The smallest absolute Gasteiger partial charge is 0.330 e. The summed E-state index contributed by atoms with van der Waals surface area (Å²) in [5, 5.41) is 0. The zero-order chi connectivity index (χ0) is 18.7. The molecule has 0 unspecified atom stereocenters. The molecule has 0 N–H and O–H groups in total. The first-order valence-electron chi connectivity index (χ1n) is 9.97. The molecule has 4 rings (SSSR count). The van der Waals surface area contributed by atoms with Crippen molar-refractivity contribution >= 4 is 12.0 Å². The number of aromatic nitrogens is 1. The highest BCUT2D eigenvalue weighted by Gasteiger charge is 2.41. The average Bonchev–Trinajstić information content (AvgIpc) is 3.42. The Labute approximate surface area is 159 Å². The van der Waals surface area contributed by atoms with E-state index in [1.54, 1.807) is 13.1 Å². The second kappa shape index (κ2) is 7.98. The van der Waals surface area contributed by atoms with Gasteiger partial charge in [0, 0.05) is 30.7 Å². The van der Waals surface area contributed by atoms with Crippen molar-refractivity contribution in [3.8, 4) is 5.88 Å². The summed E-state index contributed by atoms with van der Waals surface area (Å²) in [5.41, 5.74) is 2.11. The van der Waals surface area contributed by atoms with E-state index in [1.165, 1.54) is 6.08 Å². The van der Waals surface area contributed by atoms with Crippen LogP contribution in [0.2, 0.25) is 0 Å².